The average Bonchev–Trinajstić information content (AvgIpc) is 2.37. The maximum absolute atomic E-state index is 12.2. The SMILES string of the molecule is O=C(Cc1cccc(Br)c1)c1cc(Cl)cc([N+](=O)[O-])c1. The van der Waals surface area contributed by atoms with E-state index in [1.807, 2.05) is 24.3 Å². The molecule has 20 heavy (non-hydrogen) atoms. The highest BCUT2D eigenvalue weighted by molar-refractivity contribution is 9.10. The zero-order valence-electron chi connectivity index (χ0n) is 10.2. The molecular formula is C14H9BrClNO3. The van der Waals surface area contributed by atoms with Crippen LogP contribution >= 0.6 is 27.5 Å². The second-order valence-electron chi connectivity index (χ2n) is 4.19. The third-order valence-corrected chi connectivity index (χ3v) is 3.38. The van der Waals surface area contributed by atoms with E-state index in [4.69, 9.17) is 11.6 Å². The standard InChI is InChI=1S/C14H9BrClNO3/c15-11-3-1-2-9(4-11)5-14(18)10-6-12(16)8-13(7-10)17(19)20/h1-4,6-8H,5H2. The summed E-state index contributed by atoms with van der Waals surface area (Å²) >= 11 is 9.13. The molecule has 4 nitrogen and oxygen atoms in total. The zero-order valence-corrected chi connectivity index (χ0v) is 12.5. The normalized spacial score (nSPS) is 10.3. The van der Waals surface area contributed by atoms with Gasteiger partial charge < -0.3 is 0 Å². The molecule has 6 heteroatoms. The molecular weight excluding hydrogens is 346 g/mol. The summed E-state index contributed by atoms with van der Waals surface area (Å²) < 4.78 is 0.875. The molecule has 2 rings (SSSR count). The first kappa shape index (κ1) is 14.7. The van der Waals surface area contributed by atoms with E-state index in [1.54, 1.807) is 0 Å². The molecule has 0 fully saturated rings. The van der Waals surface area contributed by atoms with Crippen molar-refractivity contribution in [2.75, 3.05) is 0 Å². The highest BCUT2D eigenvalue weighted by Gasteiger charge is 2.14. The third-order valence-electron chi connectivity index (χ3n) is 2.67. The molecule has 0 unspecified atom stereocenters. The topological polar surface area (TPSA) is 60.2 Å². The van der Waals surface area contributed by atoms with Crippen LogP contribution in [0, 0.1) is 10.1 Å². The van der Waals surface area contributed by atoms with Crippen LogP contribution in [0.25, 0.3) is 0 Å². The molecule has 0 N–H and O–H groups in total. The van der Waals surface area contributed by atoms with E-state index in [-0.39, 0.29) is 28.5 Å². The van der Waals surface area contributed by atoms with E-state index >= 15 is 0 Å². The summed E-state index contributed by atoms with van der Waals surface area (Å²) in [4.78, 5) is 22.3. The van der Waals surface area contributed by atoms with Gasteiger partial charge in [-0.15, -0.1) is 0 Å². The van der Waals surface area contributed by atoms with Crippen molar-refractivity contribution in [2.24, 2.45) is 0 Å². The van der Waals surface area contributed by atoms with Crippen molar-refractivity contribution in [1.82, 2.24) is 0 Å². The predicted octanol–water partition coefficient (Wildman–Crippen LogP) is 4.44. The van der Waals surface area contributed by atoms with Crippen LogP contribution in [0.15, 0.2) is 46.9 Å². The van der Waals surface area contributed by atoms with Gasteiger partial charge in [-0.3, -0.25) is 14.9 Å². The van der Waals surface area contributed by atoms with E-state index in [0.29, 0.717) is 0 Å². The fraction of sp³-hybridized carbons (Fsp3) is 0.0714. The van der Waals surface area contributed by atoms with Crippen LogP contribution in [0.1, 0.15) is 15.9 Å². The Hall–Kier alpha value is -1.72. The number of carbonyl (C=O) groups excluding carboxylic acids is 1. The van der Waals surface area contributed by atoms with Crippen LogP contribution in [0.5, 0.6) is 0 Å². The fourth-order valence-corrected chi connectivity index (χ4v) is 2.45. The monoisotopic (exact) mass is 353 g/mol. The first-order valence-electron chi connectivity index (χ1n) is 5.68. The molecule has 0 bridgehead atoms. The van der Waals surface area contributed by atoms with Crippen LogP contribution < -0.4 is 0 Å². The second kappa shape index (κ2) is 6.15. The lowest BCUT2D eigenvalue weighted by atomic mass is 10.0. The van der Waals surface area contributed by atoms with Crippen molar-refractivity contribution >= 4 is 39.0 Å². The van der Waals surface area contributed by atoms with Crippen LogP contribution in [-0.2, 0) is 6.42 Å². The molecule has 0 aliphatic rings. The summed E-state index contributed by atoms with van der Waals surface area (Å²) in [5.41, 5.74) is 0.881. The molecule has 0 aliphatic carbocycles. The minimum absolute atomic E-state index is 0.164. The van der Waals surface area contributed by atoms with E-state index in [1.165, 1.54) is 18.2 Å². The number of ketones is 1. The smallest absolute Gasteiger partial charge is 0.271 e. The Kier molecular flexibility index (Phi) is 4.52. The van der Waals surface area contributed by atoms with Crippen molar-refractivity contribution in [2.45, 2.75) is 6.42 Å². The Morgan fingerprint density at radius 2 is 2.00 bits per heavy atom. The summed E-state index contributed by atoms with van der Waals surface area (Å²) in [6, 6.07) is 11.2. The molecule has 0 aliphatic heterocycles. The third kappa shape index (κ3) is 3.65. The van der Waals surface area contributed by atoms with Crippen molar-refractivity contribution < 1.29 is 9.72 Å². The number of Topliss-reactive ketones (excluding diaryl/α,β-unsaturated/α-hetero) is 1. The Balaban J connectivity index is 2.27. The van der Waals surface area contributed by atoms with Crippen molar-refractivity contribution in [1.29, 1.82) is 0 Å². The molecule has 2 aromatic carbocycles. The fourth-order valence-electron chi connectivity index (χ4n) is 1.77. The van der Waals surface area contributed by atoms with Crippen LogP contribution in [0.4, 0.5) is 5.69 Å². The summed E-state index contributed by atoms with van der Waals surface area (Å²) in [6.07, 6.45) is 0.164. The molecule has 0 spiro atoms. The molecule has 102 valence electrons. The van der Waals surface area contributed by atoms with Gasteiger partial charge in [0.1, 0.15) is 0 Å². The van der Waals surface area contributed by atoms with Gasteiger partial charge >= 0.3 is 0 Å². The van der Waals surface area contributed by atoms with Crippen LogP contribution in [0.2, 0.25) is 5.02 Å². The van der Waals surface area contributed by atoms with Gasteiger partial charge in [-0.1, -0.05) is 39.7 Å². The maximum Gasteiger partial charge on any atom is 0.271 e. The van der Waals surface area contributed by atoms with E-state index in [0.717, 1.165) is 10.0 Å². The molecule has 0 saturated carbocycles. The first-order chi connectivity index (χ1) is 9.45. The Labute approximate surface area is 128 Å². The summed E-state index contributed by atoms with van der Waals surface area (Å²) in [7, 11) is 0. The minimum Gasteiger partial charge on any atom is -0.294 e. The molecule has 2 aromatic rings. The van der Waals surface area contributed by atoms with Crippen LogP contribution in [0.3, 0.4) is 0 Å². The van der Waals surface area contributed by atoms with Gasteiger partial charge in [0.25, 0.3) is 5.69 Å². The first-order valence-corrected chi connectivity index (χ1v) is 6.85. The lowest BCUT2D eigenvalue weighted by molar-refractivity contribution is -0.384. The quantitative estimate of drug-likeness (QED) is 0.463. The van der Waals surface area contributed by atoms with Crippen LogP contribution in [-0.4, -0.2) is 10.7 Å². The Morgan fingerprint density at radius 3 is 2.65 bits per heavy atom. The predicted molar refractivity (Wildman–Crippen MR) is 80.3 cm³/mol. The largest absolute Gasteiger partial charge is 0.294 e. The molecule has 0 aromatic heterocycles. The van der Waals surface area contributed by atoms with Gasteiger partial charge in [0.15, 0.2) is 5.78 Å². The number of benzene rings is 2. The summed E-state index contributed by atoms with van der Waals surface area (Å²) in [5, 5.41) is 10.9. The number of carbonyl (C=O) groups is 1. The summed E-state index contributed by atoms with van der Waals surface area (Å²) in [5.74, 6) is -0.214. The van der Waals surface area contributed by atoms with E-state index in [2.05, 4.69) is 15.9 Å². The van der Waals surface area contributed by atoms with Gasteiger partial charge in [-0.25, -0.2) is 0 Å². The van der Waals surface area contributed by atoms with E-state index < -0.39 is 4.92 Å². The van der Waals surface area contributed by atoms with Crippen molar-refractivity contribution in [3.05, 3.63) is 73.2 Å². The Morgan fingerprint density at radius 1 is 1.25 bits per heavy atom. The van der Waals surface area contributed by atoms with E-state index in [9.17, 15) is 14.9 Å². The number of rotatable bonds is 4. The number of nitro benzene ring substituents is 1. The van der Waals surface area contributed by atoms with Gasteiger partial charge in [0.05, 0.1) is 4.92 Å². The zero-order chi connectivity index (χ0) is 14.7. The Bertz CT molecular complexity index is 688. The van der Waals surface area contributed by atoms with Gasteiger partial charge in [-0.2, -0.15) is 0 Å². The number of nitro groups is 1. The second-order valence-corrected chi connectivity index (χ2v) is 5.54. The highest BCUT2D eigenvalue weighted by atomic mass is 79.9. The van der Waals surface area contributed by atoms with Gasteiger partial charge in [-0.05, 0) is 23.8 Å². The lowest BCUT2D eigenvalue weighted by Gasteiger charge is -2.03. The molecule has 0 amide bonds. The lowest BCUT2D eigenvalue weighted by Crippen LogP contribution is -2.04. The molecule has 0 radical (unpaired) electrons. The summed E-state index contributed by atoms with van der Waals surface area (Å²) in [6.45, 7) is 0. The number of nitrogens with zero attached hydrogens (tertiary/aromatic N) is 1. The van der Waals surface area contributed by atoms with Gasteiger partial charge in [0, 0.05) is 33.6 Å². The van der Waals surface area contributed by atoms with Crippen molar-refractivity contribution in [3.63, 3.8) is 0 Å². The number of halogens is 2. The molecule has 0 saturated heterocycles. The number of non-ortho nitro benzene ring substituents is 1. The number of hydrogen-bond acceptors (Lipinski definition) is 3. The molecule has 0 atom stereocenters. The number of hydrogen-bond donors (Lipinski definition) is 0. The van der Waals surface area contributed by atoms with Crippen molar-refractivity contribution in [3.8, 4) is 0 Å². The maximum atomic E-state index is 12.2. The highest BCUT2D eigenvalue weighted by Crippen LogP contribution is 2.22. The van der Waals surface area contributed by atoms with Gasteiger partial charge in [0.2, 0.25) is 0 Å². The minimum atomic E-state index is -0.568. The average molecular weight is 355 g/mol. The molecule has 0 heterocycles.